The van der Waals surface area contributed by atoms with Gasteiger partial charge in [-0.25, -0.2) is 8.42 Å². The number of rotatable bonds is 7. The molecule has 1 saturated heterocycles. The van der Waals surface area contributed by atoms with Gasteiger partial charge in [-0.3, -0.25) is 9.36 Å². The van der Waals surface area contributed by atoms with Crippen molar-refractivity contribution in [2.24, 2.45) is 0 Å². The van der Waals surface area contributed by atoms with Crippen LogP contribution in [0.3, 0.4) is 0 Å². The summed E-state index contributed by atoms with van der Waals surface area (Å²) in [6, 6.07) is 18.4. The van der Waals surface area contributed by atoms with Gasteiger partial charge in [0.2, 0.25) is 15.9 Å². The molecule has 2 aromatic carbocycles. The van der Waals surface area contributed by atoms with Gasteiger partial charge in [0.25, 0.3) is 0 Å². The Balaban J connectivity index is 1.26. The molecule has 10 heteroatoms. The number of thioether (sulfide) groups is 1. The van der Waals surface area contributed by atoms with E-state index in [2.05, 4.69) is 14.8 Å². The monoisotopic (exact) mass is 497 g/mol. The lowest BCUT2D eigenvalue weighted by molar-refractivity contribution is -0.131. The number of para-hydroxylation sites is 1. The van der Waals surface area contributed by atoms with Crippen LogP contribution in [0, 0.1) is 0 Å². The van der Waals surface area contributed by atoms with Crippen LogP contribution in [0.25, 0.3) is 5.69 Å². The number of carbonyl (C=O) groups is 1. The van der Waals surface area contributed by atoms with Crippen molar-refractivity contribution in [3.05, 3.63) is 66.5 Å². The van der Waals surface area contributed by atoms with E-state index in [-0.39, 0.29) is 29.1 Å². The molecule has 2 fully saturated rings. The molecule has 34 heavy (non-hydrogen) atoms. The predicted molar refractivity (Wildman–Crippen MR) is 130 cm³/mol. The Hall–Kier alpha value is -2.69. The van der Waals surface area contributed by atoms with E-state index in [0.717, 1.165) is 24.4 Å². The first kappa shape index (κ1) is 23.1. The number of hydrogen-bond acceptors (Lipinski definition) is 6. The zero-order valence-corrected chi connectivity index (χ0v) is 20.6. The maximum absolute atomic E-state index is 13.2. The Morgan fingerprint density at radius 2 is 1.56 bits per heavy atom. The first-order chi connectivity index (χ1) is 16.4. The lowest BCUT2D eigenvalue weighted by Gasteiger charge is -2.35. The molecule has 2 aliphatic rings. The second-order valence-electron chi connectivity index (χ2n) is 8.59. The molecule has 178 valence electrons. The molecule has 1 atom stereocenters. The molecule has 1 aliphatic carbocycles. The van der Waals surface area contributed by atoms with Crippen LogP contribution in [0.5, 0.6) is 0 Å². The van der Waals surface area contributed by atoms with Crippen molar-refractivity contribution in [2.75, 3.05) is 26.2 Å². The minimum Gasteiger partial charge on any atom is -0.339 e. The molecule has 1 aliphatic heterocycles. The Morgan fingerprint density at radius 3 is 2.18 bits per heavy atom. The molecule has 0 unspecified atom stereocenters. The summed E-state index contributed by atoms with van der Waals surface area (Å²) in [4.78, 5) is 15.2. The summed E-state index contributed by atoms with van der Waals surface area (Å²) in [6.45, 7) is 3.18. The van der Waals surface area contributed by atoms with Crippen LogP contribution in [0.1, 0.15) is 31.5 Å². The Morgan fingerprint density at radius 1 is 0.941 bits per heavy atom. The van der Waals surface area contributed by atoms with Crippen molar-refractivity contribution in [3.63, 3.8) is 0 Å². The summed E-state index contributed by atoms with van der Waals surface area (Å²) < 4.78 is 29.3. The summed E-state index contributed by atoms with van der Waals surface area (Å²) in [5.74, 6) is 1.36. The van der Waals surface area contributed by atoms with Gasteiger partial charge in [-0.1, -0.05) is 48.2 Å². The summed E-state index contributed by atoms with van der Waals surface area (Å²) in [6.07, 6.45) is 2.22. The highest BCUT2D eigenvalue weighted by molar-refractivity contribution is 8.00. The summed E-state index contributed by atoms with van der Waals surface area (Å²) in [5, 5.41) is 9.20. The van der Waals surface area contributed by atoms with Gasteiger partial charge in [0.1, 0.15) is 5.82 Å². The third-order valence-electron chi connectivity index (χ3n) is 6.18. The maximum Gasteiger partial charge on any atom is 0.243 e. The zero-order chi connectivity index (χ0) is 23.7. The number of nitrogens with zero attached hydrogens (tertiary/aromatic N) is 5. The van der Waals surface area contributed by atoms with E-state index >= 15 is 0 Å². The van der Waals surface area contributed by atoms with Crippen molar-refractivity contribution in [1.29, 1.82) is 0 Å². The van der Waals surface area contributed by atoms with Crippen molar-refractivity contribution < 1.29 is 13.2 Å². The van der Waals surface area contributed by atoms with Crippen LogP contribution >= 0.6 is 11.8 Å². The fourth-order valence-electron chi connectivity index (χ4n) is 4.14. The molecule has 8 nitrogen and oxygen atoms in total. The summed E-state index contributed by atoms with van der Waals surface area (Å²) in [7, 11) is -3.55. The van der Waals surface area contributed by atoms with Gasteiger partial charge in [0.05, 0.1) is 10.1 Å². The van der Waals surface area contributed by atoms with E-state index in [1.54, 1.807) is 35.2 Å². The average molecular weight is 498 g/mol. The minimum absolute atomic E-state index is 0.0163. The van der Waals surface area contributed by atoms with Gasteiger partial charge in [-0.05, 0) is 44.0 Å². The molecule has 0 N–H and O–H groups in total. The van der Waals surface area contributed by atoms with Crippen LogP contribution in [-0.4, -0.2) is 69.7 Å². The van der Waals surface area contributed by atoms with Crippen LogP contribution in [0.2, 0.25) is 0 Å². The molecular weight excluding hydrogens is 470 g/mol. The highest BCUT2D eigenvalue weighted by Crippen LogP contribution is 2.41. The smallest absolute Gasteiger partial charge is 0.243 e. The first-order valence-electron chi connectivity index (χ1n) is 11.5. The topological polar surface area (TPSA) is 88.4 Å². The average Bonchev–Trinajstić information content (AvgIpc) is 3.64. The van der Waals surface area contributed by atoms with E-state index < -0.39 is 10.0 Å². The number of carbonyl (C=O) groups excluding carboxylic acids is 1. The number of hydrogen-bond donors (Lipinski definition) is 0. The van der Waals surface area contributed by atoms with Crippen LogP contribution in [0.4, 0.5) is 0 Å². The minimum atomic E-state index is -3.55. The second kappa shape index (κ2) is 9.52. The number of benzene rings is 2. The lowest BCUT2D eigenvalue weighted by atomic mass is 10.3. The van der Waals surface area contributed by atoms with Crippen LogP contribution in [-0.2, 0) is 14.8 Å². The SMILES string of the molecule is C[C@H](Sc1nnc(C2CC2)n1-c1ccccc1)C(=O)N1CCN(S(=O)(=O)c2ccccc2)CC1. The van der Waals surface area contributed by atoms with E-state index in [1.807, 2.05) is 37.3 Å². The molecule has 2 heterocycles. The highest BCUT2D eigenvalue weighted by Gasteiger charge is 2.34. The largest absolute Gasteiger partial charge is 0.339 e. The molecule has 1 amide bonds. The number of amides is 1. The van der Waals surface area contributed by atoms with E-state index in [1.165, 1.54) is 16.1 Å². The van der Waals surface area contributed by atoms with Gasteiger partial charge in [0, 0.05) is 37.8 Å². The van der Waals surface area contributed by atoms with E-state index in [0.29, 0.717) is 24.2 Å². The fraction of sp³-hybridized carbons (Fsp3) is 0.375. The number of sulfonamides is 1. The van der Waals surface area contributed by atoms with Gasteiger partial charge >= 0.3 is 0 Å². The first-order valence-corrected chi connectivity index (χ1v) is 13.8. The van der Waals surface area contributed by atoms with Gasteiger partial charge < -0.3 is 4.90 Å². The Kier molecular flexibility index (Phi) is 6.46. The lowest BCUT2D eigenvalue weighted by Crippen LogP contribution is -2.52. The third kappa shape index (κ3) is 4.62. The molecule has 0 spiro atoms. The third-order valence-corrected chi connectivity index (χ3v) is 9.12. The quantitative estimate of drug-likeness (QED) is 0.466. The normalized spacial score (nSPS) is 18.1. The van der Waals surface area contributed by atoms with Crippen molar-refractivity contribution >= 4 is 27.7 Å². The summed E-state index contributed by atoms with van der Waals surface area (Å²) in [5.41, 5.74) is 0.997. The molecule has 5 rings (SSSR count). The van der Waals surface area contributed by atoms with Gasteiger partial charge in [-0.2, -0.15) is 4.31 Å². The van der Waals surface area contributed by atoms with Crippen molar-refractivity contribution in [2.45, 2.75) is 41.0 Å². The maximum atomic E-state index is 13.2. The van der Waals surface area contributed by atoms with Gasteiger partial charge in [0.15, 0.2) is 5.16 Å². The fourth-order valence-corrected chi connectivity index (χ4v) is 6.54. The van der Waals surface area contributed by atoms with E-state index in [9.17, 15) is 13.2 Å². The Labute approximate surface area is 204 Å². The molecule has 0 bridgehead atoms. The zero-order valence-electron chi connectivity index (χ0n) is 18.9. The highest BCUT2D eigenvalue weighted by atomic mass is 32.2. The molecule has 0 radical (unpaired) electrons. The number of aromatic nitrogens is 3. The van der Waals surface area contributed by atoms with Crippen molar-refractivity contribution in [1.82, 2.24) is 24.0 Å². The Bertz CT molecular complexity index is 1250. The van der Waals surface area contributed by atoms with Crippen LogP contribution < -0.4 is 0 Å². The van der Waals surface area contributed by atoms with Gasteiger partial charge in [-0.15, -0.1) is 10.2 Å². The molecule has 3 aromatic rings. The molecular formula is C24H27N5O3S2. The predicted octanol–water partition coefficient (Wildman–Crippen LogP) is 3.16. The molecule has 1 saturated carbocycles. The molecule has 1 aromatic heterocycles. The summed E-state index contributed by atoms with van der Waals surface area (Å²) >= 11 is 1.40. The standard InChI is InChI=1S/C24H27N5O3S2/c1-18(33-24-26-25-22(19-12-13-19)29(24)20-8-4-2-5-9-20)23(30)27-14-16-28(17-15-27)34(31,32)21-10-6-3-7-11-21/h2-11,18-19H,12-17H2,1H3/t18-/m0/s1. The van der Waals surface area contributed by atoms with E-state index in [4.69, 9.17) is 0 Å². The number of piperazine rings is 1. The van der Waals surface area contributed by atoms with Crippen molar-refractivity contribution in [3.8, 4) is 5.69 Å². The second-order valence-corrected chi connectivity index (χ2v) is 11.8. The van der Waals surface area contributed by atoms with Crippen LogP contribution in [0.15, 0.2) is 70.7 Å².